The monoisotopic (exact) mass is 626 g/mol. The maximum absolute atomic E-state index is 13.2. The Balaban J connectivity index is 1.26. The van der Waals surface area contributed by atoms with Gasteiger partial charge in [0.15, 0.2) is 0 Å². The molecule has 4 N–H and O–H groups in total. The van der Waals surface area contributed by atoms with Crippen molar-refractivity contribution in [2.45, 2.75) is 52.2 Å². The highest BCUT2D eigenvalue weighted by atomic mass is 35.5. The normalized spacial score (nSPS) is 15.1. The van der Waals surface area contributed by atoms with Gasteiger partial charge in [0.1, 0.15) is 11.4 Å². The number of rotatable bonds is 11. The molecule has 45 heavy (non-hydrogen) atoms. The van der Waals surface area contributed by atoms with Crippen molar-refractivity contribution in [3.8, 4) is 11.1 Å². The molecule has 4 aromatic rings. The number of aromatic nitrogens is 2. The predicted molar refractivity (Wildman–Crippen MR) is 179 cm³/mol. The minimum atomic E-state index is -0.384. The minimum Gasteiger partial charge on any atom is -0.395 e. The molecule has 2 amide bonds. The number of nitrogens with zero attached hydrogens (tertiary/aromatic N) is 3. The molecule has 0 radical (unpaired) electrons. The molecule has 1 aliphatic rings. The van der Waals surface area contributed by atoms with Crippen molar-refractivity contribution in [1.82, 2.24) is 20.2 Å². The second-order valence-corrected chi connectivity index (χ2v) is 11.8. The van der Waals surface area contributed by atoms with E-state index in [0.717, 1.165) is 40.9 Å². The molecule has 1 aliphatic heterocycles. The molecule has 1 atom stereocenters. The van der Waals surface area contributed by atoms with Gasteiger partial charge in [-0.15, -0.1) is 0 Å². The van der Waals surface area contributed by atoms with E-state index in [4.69, 9.17) is 16.7 Å². The van der Waals surface area contributed by atoms with Crippen molar-refractivity contribution in [2.24, 2.45) is 0 Å². The number of hydrogen-bond donors (Lipinski definition) is 4. The fourth-order valence-corrected chi connectivity index (χ4v) is 5.80. The second-order valence-electron chi connectivity index (χ2n) is 11.4. The van der Waals surface area contributed by atoms with E-state index < -0.39 is 0 Å². The summed E-state index contributed by atoms with van der Waals surface area (Å²) in [4.78, 5) is 37.3. The quantitative estimate of drug-likeness (QED) is 0.149. The zero-order chi connectivity index (χ0) is 31.8. The lowest BCUT2D eigenvalue weighted by atomic mass is 9.98. The van der Waals surface area contributed by atoms with Gasteiger partial charge in [0.2, 0.25) is 0 Å². The Morgan fingerprint density at radius 3 is 2.18 bits per heavy atom. The molecule has 0 aliphatic carbocycles. The molecule has 234 valence electrons. The summed E-state index contributed by atoms with van der Waals surface area (Å²) in [5.41, 5.74) is 6.07. The number of carbonyl (C=O) groups is 2. The lowest BCUT2D eigenvalue weighted by molar-refractivity contribution is 0.101. The third-order valence-electron chi connectivity index (χ3n) is 8.18. The van der Waals surface area contributed by atoms with Crippen molar-refractivity contribution in [2.75, 3.05) is 30.3 Å². The van der Waals surface area contributed by atoms with Crippen molar-refractivity contribution >= 4 is 34.8 Å². The summed E-state index contributed by atoms with van der Waals surface area (Å²) in [6, 6.07) is 18.8. The molecule has 1 saturated heterocycles. The summed E-state index contributed by atoms with van der Waals surface area (Å²) in [5, 5.41) is 18.2. The van der Waals surface area contributed by atoms with Gasteiger partial charge < -0.3 is 21.1 Å². The molecule has 2 aromatic heterocycles. The van der Waals surface area contributed by atoms with Crippen LogP contribution < -0.4 is 16.0 Å². The minimum absolute atomic E-state index is 0.0523. The number of piperidine rings is 1. The average Bonchev–Trinajstić information content (AvgIpc) is 3.05. The maximum Gasteiger partial charge on any atom is 0.274 e. The number of nitrogens with one attached hydrogen (secondary N) is 3. The van der Waals surface area contributed by atoms with E-state index in [0.29, 0.717) is 41.2 Å². The first-order chi connectivity index (χ1) is 21.8. The zero-order valence-electron chi connectivity index (χ0n) is 25.6. The summed E-state index contributed by atoms with van der Waals surface area (Å²) in [6.45, 7) is 7.20. The number of pyridine rings is 2. The molecular weight excluding hydrogens is 588 g/mol. The van der Waals surface area contributed by atoms with Crippen LogP contribution in [0, 0.1) is 6.92 Å². The van der Waals surface area contributed by atoms with Gasteiger partial charge in [0, 0.05) is 49.3 Å². The van der Waals surface area contributed by atoms with Gasteiger partial charge >= 0.3 is 0 Å². The first-order valence-corrected chi connectivity index (χ1v) is 15.7. The molecule has 3 heterocycles. The number of aliphatic hydroxyl groups is 1. The molecule has 0 unspecified atom stereocenters. The van der Waals surface area contributed by atoms with E-state index in [2.05, 4.69) is 37.7 Å². The van der Waals surface area contributed by atoms with Crippen LogP contribution in [-0.4, -0.2) is 57.5 Å². The molecule has 0 spiro atoms. The van der Waals surface area contributed by atoms with E-state index in [-0.39, 0.29) is 24.1 Å². The van der Waals surface area contributed by atoms with Crippen LogP contribution in [0.3, 0.4) is 0 Å². The molecule has 0 bridgehead atoms. The first kappa shape index (κ1) is 32.2. The van der Waals surface area contributed by atoms with Crippen LogP contribution in [0.5, 0.6) is 0 Å². The second kappa shape index (κ2) is 15.2. The van der Waals surface area contributed by atoms with Crippen LogP contribution in [0.1, 0.15) is 63.9 Å². The standard InChI is InChI=1S/C35H39ClN6O3/c1-23-7-3-4-17-42(23)22-26-13-15-32(39-21-26)34(44)40-29-10-5-8-27(24(29)2)28-9-6-11-30(33(28)36)41-35(45)31-14-12-25(20-38-31)19-37-16-18-43/h5-6,8-15,20-21,23,37,43H,3-4,7,16-19,22H2,1-2H3,(H,40,44)(H,41,45)/t23-/m1/s1. The van der Waals surface area contributed by atoms with E-state index in [1.807, 2.05) is 49.4 Å². The van der Waals surface area contributed by atoms with Crippen LogP contribution in [0.4, 0.5) is 11.4 Å². The fourth-order valence-electron chi connectivity index (χ4n) is 5.53. The third kappa shape index (κ3) is 8.12. The molecule has 5 rings (SSSR count). The average molecular weight is 627 g/mol. The first-order valence-electron chi connectivity index (χ1n) is 15.3. The van der Waals surface area contributed by atoms with Crippen LogP contribution in [0.2, 0.25) is 5.02 Å². The van der Waals surface area contributed by atoms with Gasteiger partial charge in [0.25, 0.3) is 11.8 Å². The van der Waals surface area contributed by atoms with Crippen molar-refractivity contribution < 1.29 is 14.7 Å². The Morgan fingerprint density at radius 1 is 0.889 bits per heavy atom. The number of aliphatic hydroxyl groups excluding tert-OH is 1. The topological polar surface area (TPSA) is 119 Å². The maximum atomic E-state index is 13.2. The lowest BCUT2D eigenvalue weighted by Crippen LogP contribution is -2.36. The number of amides is 2. The zero-order valence-corrected chi connectivity index (χ0v) is 26.4. The van der Waals surface area contributed by atoms with E-state index in [1.54, 1.807) is 30.6 Å². The largest absolute Gasteiger partial charge is 0.395 e. The number of carbonyl (C=O) groups excluding carboxylic acids is 2. The Morgan fingerprint density at radius 2 is 1.53 bits per heavy atom. The van der Waals surface area contributed by atoms with Crippen molar-refractivity contribution in [1.29, 1.82) is 0 Å². The smallest absolute Gasteiger partial charge is 0.274 e. The van der Waals surface area contributed by atoms with Gasteiger partial charge in [-0.25, -0.2) is 0 Å². The number of benzene rings is 2. The van der Waals surface area contributed by atoms with Crippen molar-refractivity contribution in [3.05, 3.63) is 106 Å². The summed E-state index contributed by atoms with van der Waals surface area (Å²) in [5.74, 6) is -0.673. The number of halogens is 1. The summed E-state index contributed by atoms with van der Waals surface area (Å²) < 4.78 is 0. The number of anilines is 2. The molecule has 1 fully saturated rings. The Hall–Kier alpha value is -4.15. The van der Waals surface area contributed by atoms with Gasteiger partial charge in [-0.1, -0.05) is 54.4 Å². The molecule has 10 heteroatoms. The van der Waals surface area contributed by atoms with Crippen LogP contribution in [-0.2, 0) is 13.1 Å². The lowest BCUT2D eigenvalue weighted by Gasteiger charge is -2.33. The van der Waals surface area contributed by atoms with Crippen molar-refractivity contribution in [3.63, 3.8) is 0 Å². The van der Waals surface area contributed by atoms with Crippen LogP contribution >= 0.6 is 11.6 Å². The number of likely N-dealkylation sites (tertiary alicyclic amines) is 1. The SMILES string of the molecule is Cc1c(NC(=O)c2ccc(CN3CCCC[C@H]3C)cn2)cccc1-c1cccc(NC(=O)c2ccc(CNCCO)cn2)c1Cl. The molecular formula is C35H39ClN6O3. The van der Waals surface area contributed by atoms with Crippen LogP contribution in [0.15, 0.2) is 73.1 Å². The summed E-state index contributed by atoms with van der Waals surface area (Å²) in [6.07, 6.45) is 7.13. The van der Waals surface area contributed by atoms with Crippen LogP contribution in [0.25, 0.3) is 11.1 Å². The Kier molecular flexibility index (Phi) is 10.9. The van der Waals surface area contributed by atoms with E-state index in [1.165, 1.54) is 19.3 Å². The summed E-state index contributed by atoms with van der Waals surface area (Å²) in [7, 11) is 0. The van der Waals surface area contributed by atoms with E-state index >= 15 is 0 Å². The van der Waals surface area contributed by atoms with Gasteiger partial charge in [-0.2, -0.15) is 0 Å². The highest BCUT2D eigenvalue weighted by molar-refractivity contribution is 6.36. The van der Waals surface area contributed by atoms with Gasteiger partial charge in [-0.05, 0) is 79.8 Å². The Bertz CT molecular complexity index is 1630. The third-order valence-corrected chi connectivity index (χ3v) is 8.58. The van der Waals surface area contributed by atoms with E-state index in [9.17, 15) is 9.59 Å². The summed E-state index contributed by atoms with van der Waals surface area (Å²) >= 11 is 6.83. The number of hydrogen-bond acceptors (Lipinski definition) is 7. The highest BCUT2D eigenvalue weighted by Gasteiger charge is 2.19. The predicted octanol–water partition coefficient (Wildman–Crippen LogP) is 6.07. The molecule has 0 saturated carbocycles. The fraction of sp³-hybridized carbons (Fsp3) is 0.314. The molecule has 9 nitrogen and oxygen atoms in total. The van der Waals surface area contributed by atoms with Gasteiger partial charge in [0.05, 0.1) is 17.3 Å². The highest BCUT2D eigenvalue weighted by Crippen LogP contribution is 2.37. The molecule has 2 aromatic carbocycles. The van der Waals surface area contributed by atoms with Gasteiger partial charge in [-0.3, -0.25) is 24.5 Å². The Labute approximate surface area is 269 Å².